The Morgan fingerprint density at radius 1 is 1.06 bits per heavy atom. The Hall–Kier alpha value is -1.22. The Labute approximate surface area is 95.7 Å². The molecule has 0 spiro atoms. The summed E-state index contributed by atoms with van der Waals surface area (Å²) in [7, 11) is 0. The van der Waals surface area contributed by atoms with E-state index in [0.29, 0.717) is 5.56 Å². The van der Waals surface area contributed by atoms with Gasteiger partial charge in [0.15, 0.2) is 0 Å². The average molecular weight is 222 g/mol. The second kappa shape index (κ2) is 4.34. The molecule has 0 bridgehead atoms. The normalized spacial score (nSPS) is 30.2. The van der Waals surface area contributed by atoms with Crippen molar-refractivity contribution in [3.63, 3.8) is 0 Å². The van der Waals surface area contributed by atoms with Gasteiger partial charge in [0.05, 0.1) is 12.2 Å². The Bertz CT molecular complexity index is 345. The van der Waals surface area contributed by atoms with Gasteiger partial charge in [0, 0.05) is 5.56 Å². The first-order valence-corrected chi connectivity index (χ1v) is 5.74. The van der Waals surface area contributed by atoms with Crippen LogP contribution in [0, 0.1) is 0 Å². The van der Waals surface area contributed by atoms with Crippen LogP contribution in [-0.2, 0) is 4.74 Å². The highest BCUT2D eigenvalue weighted by atomic mass is 16.5. The summed E-state index contributed by atoms with van der Waals surface area (Å²) in [4.78, 5) is 0. The van der Waals surface area contributed by atoms with Crippen molar-refractivity contribution in [2.75, 3.05) is 0 Å². The first kappa shape index (κ1) is 11.3. The van der Waals surface area contributed by atoms with Crippen molar-refractivity contribution < 1.29 is 14.9 Å². The fourth-order valence-corrected chi connectivity index (χ4v) is 2.60. The van der Waals surface area contributed by atoms with Gasteiger partial charge < -0.3 is 14.9 Å². The van der Waals surface area contributed by atoms with Gasteiger partial charge in [-0.1, -0.05) is 6.07 Å². The minimum Gasteiger partial charge on any atom is -0.508 e. The van der Waals surface area contributed by atoms with E-state index in [0.717, 1.165) is 12.8 Å². The van der Waals surface area contributed by atoms with Crippen LogP contribution in [0.2, 0.25) is 0 Å². The van der Waals surface area contributed by atoms with Crippen molar-refractivity contribution in [3.05, 3.63) is 23.8 Å². The maximum absolute atomic E-state index is 9.82. The zero-order valence-electron chi connectivity index (χ0n) is 9.68. The molecule has 88 valence electrons. The van der Waals surface area contributed by atoms with Crippen LogP contribution in [-0.4, -0.2) is 22.4 Å². The van der Waals surface area contributed by atoms with Crippen molar-refractivity contribution in [1.29, 1.82) is 0 Å². The van der Waals surface area contributed by atoms with Crippen LogP contribution in [0.25, 0.3) is 0 Å². The molecule has 1 aliphatic rings. The lowest BCUT2D eigenvalue weighted by atomic mass is 9.85. The fraction of sp³-hybridized carbons (Fsp3) is 0.538. The molecule has 1 aliphatic heterocycles. The molecule has 1 fully saturated rings. The Kier molecular flexibility index (Phi) is 3.06. The summed E-state index contributed by atoms with van der Waals surface area (Å²) in [5, 5.41) is 19.6. The third-order valence-corrected chi connectivity index (χ3v) is 3.17. The van der Waals surface area contributed by atoms with Crippen molar-refractivity contribution in [1.82, 2.24) is 0 Å². The van der Waals surface area contributed by atoms with Gasteiger partial charge in [0.25, 0.3) is 0 Å². The molecule has 2 rings (SSSR count). The number of ether oxygens (including phenoxy) is 1. The van der Waals surface area contributed by atoms with Crippen molar-refractivity contribution in [2.45, 2.75) is 44.8 Å². The van der Waals surface area contributed by atoms with E-state index in [9.17, 15) is 10.2 Å². The van der Waals surface area contributed by atoms with Gasteiger partial charge in [-0.3, -0.25) is 0 Å². The lowest BCUT2D eigenvalue weighted by Crippen LogP contribution is -2.28. The molecule has 0 radical (unpaired) electrons. The number of phenols is 2. The van der Waals surface area contributed by atoms with Crippen molar-refractivity contribution in [3.8, 4) is 11.5 Å². The molecule has 0 aromatic heterocycles. The van der Waals surface area contributed by atoms with Crippen LogP contribution in [0.5, 0.6) is 11.5 Å². The predicted octanol–water partition coefficient (Wildman–Crippen LogP) is 2.77. The summed E-state index contributed by atoms with van der Waals surface area (Å²) in [6.45, 7) is 4.05. The molecule has 0 aliphatic carbocycles. The van der Waals surface area contributed by atoms with Gasteiger partial charge in [-0.2, -0.15) is 0 Å². The van der Waals surface area contributed by atoms with E-state index in [1.165, 1.54) is 0 Å². The van der Waals surface area contributed by atoms with Gasteiger partial charge in [0.1, 0.15) is 11.5 Å². The lowest BCUT2D eigenvalue weighted by Gasteiger charge is -2.32. The van der Waals surface area contributed by atoms with Gasteiger partial charge in [-0.05, 0) is 44.7 Å². The number of rotatable bonds is 1. The van der Waals surface area contributed by atoms with Crippen LogP contribution < -0.4 is 0 Å². The topological polar surface area (TPSA) is 49.7 Å². The lowest BCUT2D eigenvalue weighted by molar-refractivity contribution is -0.0384. The molecule has 3 heteroatoms. The molecule has 0 amide bonds. The Morgan fingerprint density at radius 3 is 2.06 bits per heavy atom. The smallest absolute Gasteiger partial charge is 0.122 e. The van der Waals surface area contributed by atoms with Crippen LogP contribution in [0.1, 0.15) is 38.2 Å². The molecule has 1 heterocycles. The maximum Gasteiger partial charge on any atom is 0.122 e. The molecule has 3 nitrogen and oxygen atoms in total. The zero-order chi connectivity index (χ0) is 11.7. The first-order chi connectivity index (χ1) is 7.58. The number of hydrogen-bond acceptors (Lipinski definition) is 3. The summed E-state index contributed by atoms with van der Waals surface area (Å²) in [5.74, 6) is 0.553. The SMILES string of the molecule is CC1CC(c2c(O)cccc2O)CC(C)O1. The van der Waals surface area contributed by atoms with E-state index >= 15 is 0 Å². The molecule has 2 N–H and O–H groups in total. The van der Waals surface area contributed by atoms with Gasteiger partial charge in [-0.15, -0.1) is 0 Å². The monoisotopic (exact) mass is 222 g/mol. The van der Waals surface area contributed by atoms with E-state index in [1.54, 1.807) is 18.2 Å². The van der Waals surface area contributed by atoms with Crippen molar-refractivity contribution in [2.24, 2.45) is 0 Å². The first-order valence-electron chi connectivity index (χ1n) is 5.74. The second-order valence-corrected chi connectivity index (χ2v) is 4.64. The highest BCUT2D eigenvalue weighted by Gasteiger charge is 2.29. The average Bonchev–Trinajstić information content (AvgIpc) is 2.15. The highest BCUT2D eigenvalue weighted by molar-refractivity contribution is 5.45. The number of hydrogen-bond donors (Lipinski definition) is 2. The standard InChI is InChI=1S/C13H18O3/c1-8-6-10(7-9(2)16-8)13-11(14)4-3-5-12(13)15/h3-5,8-10,14-15H,6-7H2,1-2H3. The van der Waals surface area contributed by atoms with Crippen LogP contribution in [0.15, 0.2) is 18.2 Å². The summed E-state index contributed by atoms with van der Waals surface area (Å²) in [6.07, 6.45) is 2.03. The third-order valence-electron chi connectivity index (χ3n) is 3.17. The highest BCUT2D eigenvalue weighted by Crippen LogP contribution is 2.41. The zero-order valence-corrected chi connectivity index (χ0v) is 9.68. The number of benzene rings is 1. The number of phenolic OH excluding ortho intramolecular Hbond substituents is 2. The number of aromatic hydroxyl groups is 2. The van der Waals surface area contributed by atoms with Crippen molar-refractivity contribution >= 4 is 0 Å². The summed E-state index contributed by atoms with van der Waals surface area (Å²) in [6, 6.07) is 4.90. The molecule has 1 aromatic carbocycles. The molecular weight excluding hydrogens is 204 g/mol. The molecule has 2 atom stereocenters. The third kappa shape index (κ3) is 2.14. The predicted molar refractivity (Wildman–Crippen MR) is 61.8 cm³/mol. The summed E-state index contributed by atoms with van der Waals surface area (Å²) >= 11 is 0. The molecule has 0 saturated carbocycles. The van der Waals surface area contributed by atoms with Gasteiger partial charge >= 0.3 is 0 Å². The summed E-state index contributed by atoms with van der Waals surface area (Å²) < 4.78 is 5.65. The molecule has 2 unspecified atom stereocenters. The van der Waals surface area contributed by atoms with E-state index in [4.69, 9.17) is 4.74 Å². The second-order valence-electron chi connectivity index (χ2n) is 4.64. The molecule has 1 aromatic rings. The van der Waals surface area contributed by atoms with Gasteiger partial charge in [0.2, 0.25) is 0 Å². The summed E-state index contributed by atoms with van der Waals surface area (Å²) in [5.41, 5.74) is 0.671. The minimum absolute atomic E-state index is 0.174. The molecular formula is C13H18O3. The Balaban J connectivity index is 2.29. The maximum atomic E-state index is 9.82. The largest absolute Gasteiger partial charge is 0.508 e. The van der Waals surface area contributed by atoms with E-state index < -0.39 is 0 Å². The van der Waals surface area contributed by atoms with Gasteiger partial charge in [-0.25, -0.2) is 0 Å². The van der Waals surface area contributed by atoms with E-state index in [1.807, 2.05) is 13.8 Å². The van der Waals surface area contributed by atoms with Crippen LogP contribution in [0.4, 0.5) is 0 Å². The fourth-order valence-electron chi connectivity index (χ4n) is 2.60. The van der Waals surface area contributed by atoms with Crippen LogP contribution >= 0.6 is 0 Å². The van der Waals surface area contributed by atoms with E-state index in [2.05, 4.69) is 0 Å². The quantitative estimate of drug-likeness (QED) is 0.768. The Morgan fingerprint density at radius 2 is 1.56 bits per heavy atom. The minimum atomic E-state index is 0.174. The van der Waals surface area contributed by atoms with E-state index in [-0.39, 0.29) is 29.6 Å². The molecule has 1 saturated heterocycles. The van der Waals surface area contributed by atoms with Crippen LogP contribution in [0.3, 0.4) is 0 Å². The molecule has 16 heavy (non-hydrogen) atoms.